The minimum absolute atomic E-state index is 0.124. The highest BCUT2D eigenvalue weighted by atomic mass is 35.5. The summed E-state index contributed by atoms with van der Waals surface area (Å²) >= 11 is 6.24. The van der Waals surface area contributed by atoms with Crippen LogP contribution in [0.25, 0.3) is 0 Å². The number of hydrogen-bond acceptors (Lipinski definition) is 4. The number of hydrogen-bond donors (Lipinski definition) is 2. The Balaban J connectivity index is 1.51. The van der Waals surface area contributed by atoms with Gasteiger partial charge in [-0.1, -0.05) is 41.4 Å². The van der Waals surface area contributed by atoms with E-state index >= 15 is 0 Å². The average molecular weight is 386 g/mol. The summed E-state index contributed by atoms with van der Waals surface area (Å²) in [5, 5.41) is 6.80. The molecule has 1 saturated carbocycles. The smallest absolute Gasteiger partial charge is 0.329 e. The molecule has 1 aliphatic rings. The number of aryl methyl sites for hydroxylation is 1. The molecule has 0 aromatic heterocycles. The predicted molar refractivity (Wildman–Crippen MR) is 104 cm³/mol. The molecule has 6 nitrogen and oxygen atoms in total. The van der Waals surface area contributed by atoms with Gasteiger partial charge >= 0.3 is 11.8 Å². The predicted octanol–water partition coefficient (Wildman–Crippen LogP) is 2.96. The molecule has 1 fully saturated rings. The summed E-state index contributed by atoms with van der Waals surface area (Å²) in [6, 6.07) is 13.4. The van der Waals surface area contributed by atoms with Crippen LogP contribution in [-0.2, 0) is 16.2 Å². The molecule has 1 aliphatic carbocycles. The summed E-state index contributed by atoms with van der Waals surface area (Å²) in [4.78, 5) is 23.1. The second kappa shape index (κ2) is 8.68. The van der Waals surface area contributed by atoms with Crippen molar-refractivity contribution in [2.45, 2.75) is 32.4 Å². The van der Waals surface area contributed by atoms with E-state index < -0.39 is 11.8 Å². The van der Waals surface area contributed by atoms with E-state index in [0.717, 1.165) is 18.4 Å². The third kappa shape index (κ3) is 5.82. The summed E-state index contributed by atoms with van der Waals surface area (Å²) < 4.78 is 5.74. The third-order valence-corrected chi connectivity index (χ3v) is 4.26. The molecule has 0 heterocycles. The molecular formula is C20H20ClN3O3. The molecular weight excluding hydrogens is 366 g/mol. The van der Waals surface area contributed by atoms with E-state index in [0.29, 0.717) is 22.9 Å². The summed E-state index contributed by atoms with van der Waals surface area (Å²) in [6.07, 6.45) is 3.25. The van der Waals surface area contributed by atoms with Crippen molar-refractivity contribution in [3.05, 3.63) is 64.2 Å². The van der Waals surface area contributed by atoms with Crippen LogP contribution < -0.4 is 15.5 Å². The lowest BCUT2D eigenvalue weighted by atomic mass is 10.2. The molecule has 2 aromatic carbocycles. The maximum absolute atomic E-state index is 11.6. The summed E-state index contributed by atoms with van der Waals surface area (Å²) in [6.45, 7) is 2.45. The molecule has 3 rings (SSSR count). The van der Waals surface area contributed by atoms with Gasteiger partial charge in [0.25, 0.3) is 0 Å². The first-order valence-electron chi connectivity index (χ1n) is 8.63. The first-order valence-corrected chi connectivity index (χ1v) is 9.01. The zero-order valence-electron chi connectivity index (χ0n) is 14.9. The highest BCUT2D eigenvalue weighted by Gasteiger charge is 2.26. The Morgan fingerprint density at radius 3 is 2.59 bits per heavy atom. The van der Waals surface area contributed by atoms with Crippen LogP contribution in [-0.4, -0.2) is 24.1 Å². The first kappa shape index (κ1) is 18.9. The van der Waals surface area contributed by atoms with E-state index in [1.807, 2.05) is 31.2 Å². The summed E-state index contributed by atoms with van der Waals surface area (Å²) in [7, 11) is 0. The number of nitrogens with zero attached hydrogens (tertiary/aromatic N) is 1. The summed E-state index contributed by atoms with van der Waals surface area (Å²) in [5.41, 5.74) is 5.11. The van der Waals surface area contributed by atoms with E-state index in [-0.39, 0.29) is 6.04 Å². The van der Waals surface area contributed by atoms with Crippen LogP contribution in [0.3, 0.4) is 0 Å². The van der Waals surface area contributed by atoms with Crippen molar-refractivity contribution in [2.75, 3.05) is 0 Å². The van der Waals surface area contributed by atoms with E-state index in [2.05, 4.69) is 15.8 Å². The number of amides is 2. The van der Waals surface area contributed by atoms with Crippen LogP contribution in [0.2, 0.25) is 5.02 Å². The third-order valence-electron chi connectivity index (χ3n) is 3.97. The van der Waals surface area contributed by atoms with Crippen molar-refractivity contribution in [3.63, 3.8) is 0 Å². The largest absolute Gasteiger partial charge is 0.487 e. The molecule has 0 atom stereocenters. The summed E-state index contributed by atoms with van der Waals surface area (Å²) in [5.74, 6) is -0.905. The van der Waals surface area contributed by atoms with Crippen LogP contribution in [0, 0.1) is 6.92 Å². The van der Waals surface area contributed by atoms with Gasteiger partial charge in [0, 0.05) is 6.04 Å². The van der Waals surface area contributed by atoms with Gasteiger partial charge in [-0.3, -0.25) is 9.59 Å². The molecule has 140 valence electrons. The standard InChI is InChI=1S/C20H20ClN3O3/c1-13-2-4-14(5-3-13)12-27-18-9-6-15(10-17(18)21)11-22-24-20(26)19(25)23-16-7-8-16/h2-6,9-11,16H,7-8,12H2,1H3,(H,23,25)(H,24,26)/b22-11-. The fourth-order valence-electron chi connectivity index (χ4n) is 2.25. The Hall–Kier alpha value is -2.86. The minimum Gasteiger partial charge on any atom is -0.487 e. The van der Waals surface area contributed by atoms with Crippen LogP contribution in [0.4, 0.5) is 0 Å². The second-order valence-electron chi connectivity index (χ2n) is 6.41. The van der Waals surface area contributed by atoms with Crippen molar-refractivity contribution in [2.24, 2.45) is 5.10 Å². The number of benzene rings is 2. The maximum Gasteiger partial charge on any atom is 0.329 e. The molecule has 0 spiro atoms. The number of nitrogens with one attached hydrogen (secondary N) is 2. The zero-order chi connectivity index (χ0) is 19.2. The van der Waals surface area contributed by atoms with Gasteiger partial charge in [-0.05, 0) is 49.1 Å². The number of carbonyl (C=O) groups excluding carboxylic acids is 2. The van der Waals surface area contributed by atoms with Gasteiger partial charge in [0.05, 0.1) is 11.2 Å². The van der Waals surface area contributed by atoms with E-state index in [1.165, 1.54) is 11.8 Å². The molecule has 2 N–H and O–H groups in total. The Bertz CT molecular complexity index is 861. The van der Waals surface area contributed by atoms with Crippen LogP contribution in [0.15, 0.2) is 47.6 Å². The van der Waals surface area contributed by atoms with Crippen LogP contribution >= 0.6 is 11.6 Å². The fourth-order valence-corrected chi connectivity index (χ4v) is 2.50. The Labute approximate surface area is 162 Å². The Morgan fingerprint density at radius 2 is 1.93 bits per heavy atom. The maximum atomic E-state index is 11.6. The van der Waals surface area contributed by atoms with Crippen molar-refractivity contribution in [1.82, 2.24) is 10.7 Å². The molecule has 2 aromatic rings. The molecule has 0 radical (unpaired) electrons. The van der Waals surface area contributed by atoms with E-state index in [1.54, 1.807) is 18.2 Å². The van der Waals surface area contributed by atoms with E-state index in [9.17, 15) is 9.59 Å². The Kier molecular flexibility index (Phi) is 6.08. The normalized spacial score (nSPS) is 13.4. The minimum atomic E-state index is -0.790. The number of rotatable bonds is 6. The highest BCUT2D eigenvalue weighted by Crippen LogP contribution is 2.26. The lowest BCUT2D eigenvalue weighted by Gasteiger charge is -2.09. The van der Waals surface area contributed by atoms with Gasteiger partial charge in [0.2, 0.25) is 0 Å². The van der Waals surface area contributed by atoms with Gasteiger partial charge in [-0.2, -0.15) is 5.10 Å². The molecule has 7 heteroatoms. The SMILES string of the molecule is Cc1ccc(COc2ccc(/C=N\NC(=O)C(=O)NC3CC3)cc2Cl)cc1. The lowest BCUT2D eigenvalue weighted by Crippen LogP contribution is -2.38. The molecule has 0 bridgehead atoms. The number of hydrazone groups is 1. The monoisotopic (exact) mass is 385 g/mol. The van der Waals surface area contributed by atoms with E-state index in [4.69, 9.17) is 16.3 Å². The van der Waals surface area contributed by atoms with Gasteiger partial charge < -0.3 is 10.1 Å². The topological polar surface area (TPSA) is 79.8 Å². The zero-order valence-corrected chi connectivity index (χ0v) is 15.6. The molecule has 0 aliphatic heterocycles. The molecule has 2 amide bonds. The van der Waals surface area contributed by atoms with Crippen molar-refractivity contribution in [1.29, 1.82) is 0 Å². The highest BCUT2D eigenvalue weighted by molar-refractivity contribution is 6.35. The Morgan fingerprint density at radius 1 is 1.19 bits per heavy atom. The van der Waals surface area contributed by atoms with Gasteiger partial charge in [0.15, 0.2) is 0 Å². The van der Waals surface area contributed by atoms with Crippen LogP contribution in [0.5, 0.6) is 5.75 Å². The van der Waals surface area contributed by atoms with Crippen molar-refractivity contribution >= 4 is 29.6 Å². The van der Waals surface area contributed by atoms with Crippen molar-refractivity contribution < 1.29 is 14.3 Å². The number of halogens is 1. The lowest BCUT2D eigenvalue weighted by molar-refractivity contribution is -0.139. The molecule has 0 saturated heterocycles. The first-order chi connectivity index (χ1) is 13.0. The second-order valence-corrected chi connectivity index (χ2v) is 6.82. The quantitative estimate of drug-likeness (QED) is 0.456. The van der Waals surface area contributed by atoms with Crippen LogP contribution in [0.1, 0.15) is 29.5 Å². The number of ether oxygens (including phenoxy) is 1. The average Bonchev–Trinajstić information content (AvgIpc) is 3.46. The van der Waals surface area contributed by atoms with Crippen molar-refractivity contribution in [3.8, 4) is 5.75 Å². The number of carbonyl (C=O) groups is 2. The van der Waals surface area contributed by atoms with Gasteiger partial charge in [-0.25, -0.2) is 5.43 Å². The van der Waals surface area contributed by atoms with Gasteiger partial charge in [0.1, 0.15) is 12.4 Å². The fraction of sp³-hybridized carbons (Fsp3) is 0.250. The molecule has 27 heavy (non-hydrogen) atoms. The van der Waals surface area contributed by atoms with Gasteiger partial charge in [-0.15, -0.1) is 0 Å². The molecule has 0 unspecified atom stereocenters.